The molecule has 0 saturated heterocycles. The molecule has 2 N–H and O–H groups in total. The molecule has 1 heterocycles. The lowest BCUT2D eigenvalue weighted by atomic mass is 10.1. The summed E-state index contributed by atoms with van der Waals surface area (Å²) in [6, 6.07) is 14.9. The van der Waals surface area contributed by atoms with Crippen molar-refractivity contribution in [3.63, 3.8) is 0 Å². The van der Waals surface area contributed by atoms with E-state index in [4.69, 9.17) is 0 Å². The van der Waals surface area contributed by atoms with Gasteiger partial charge in [0, 0.05) is 29.6 Å². The maximum atomic E-state index is 14.4. The smallest absolute Gasteiger partial charge is 0.255 e. The highest BCUT2D eigenvalue weighted by atomic mass is 19.1. The zero-order valence-electron chi connectivity index (χ0n) is 14.7. The SMILES string of the molecule is C=CC(=O)Nc1cccc(C(=O)Nc2ccc(-n3ccccc3=O)cc2F)c1. The Morgan fingerprint density at radius 2 is 1.82 bits per heavy atom. The Balaban J connectivity index is 1.80. The molecule has 0 spiro atoms. The number of halogens is 1. The highest BCUT2D eigenvalue weighted by Gasteiger charge is 2.12. The average molecular weight is 377 g/mol. The molecule has 28 heavy (non-hydrogen) atoms. The van der Waals surface area contributed by atoms with E-state index in [9.17, 15) is 18.8 Å². The summed E-state index contributed by atoms with van der Waals surface area (Å²) < 4.78 is 15.7. The third-order valence-corrected chi connectivity index (χ3v) is 3.88. The van der Waals surface area contributed by atoms with Gasteiger partial charge in [0.05, 0.1) is 11.4 Å². The molecule has 0 fully saturated rings. The van der Waals surface area contributed by atoms with E-state index >= 15 is 0 Å². The molecular weight excluding hydrogens is 361 g/mol. The van der Waals surface area contributed by atoms with Crippen LogP contribution in [0.4, 0.5) is 15.8 Å². The predicted molar refractivity (Wildman–Crippen MR) is 105 cm³/mol. The molecule has 0 atom stereocenters. The number of aromatic nitrogens is 1. The fourth-order valence-corrected chi connectivity index (χ4v) is 2.52. The number of carbonyl (C=O) groups is 2. The molecule has 3 rings (SSSR count). The Morgan fingerprint density at radius 1 is 1.00 bits per heavy atom. The second kappa shape index (κ2) is 8.13. The number of benzene rings is 2. The number of pyridine rings is 1. The number of amides is 2. The Labute approximate surface area is 159 Å². The largest absolute Gasteiger partial charge is 0.323 e. The number of nitrogens with zero attached hydrogens (tertiary/aromatic N) is 1. The zero-order valence-corrected chi connectivity index (χ0v) is 14.7. The maximum Gasteiger partial charge on any atom is 0.255 e. The molecule has 6 nitrogen and oxygen atoms in total. The van der Waals surface area contributed by atoms with E-state index in [1.807, 2.05) is 0 Å². The lowest BCUT2D eigenvalue weighted by Crippen LogP contribution is -2.17. The molecule has 140 valence electrons. The zero-order chi connectivity index (χ0) is 20.1. The van der Waals surface area contributed by atoms with E-state index in [0.29, 0.717) is 11.4 Å². The molecule has 0 aliphatic heterocycles. The minimum atomic E-state index is -0.683. The third-order valence-electron chi connectivity index (χ3n) is 3.88. The summed E-state index contributed by atoms with van der Waals surface area (Å²) in [6.07, 6.45) is 2.64. The lowest BCUT2D eigenvalue weighted by Gasteiger charge is -2.10. The summed E-state index contributed by atoms with van der Waals surface area (Å²) in [7, 11) is 0. The van der Waals surface area contributed by atoms with E-state index < -0.39 is 17.6 Å². The molecule has 0 unspecified atom stereocenters. The van der Waals surface area contributed by atoms with Crippen LogP contribution in [-0.4, -0.2) is 16.4 Å². The molecule has 7 heteroatoms. The van der Waals surface area contributed by atoms with Crippen LogP contribution in [0.25, 0.3) is 5.69 Å². The van der Waals surface area contributed by atoms with E-state index in [-0.39, 0.29) is 16.8 Å². The first kappa shape index (κ1) is 18.8. The monoisotopic (exact) mass is 377 g/mol. The second-order valence-corrected chi connectivity index (χ2v) is 5.80. The fourth-order valence-electron chi connectivity index (χ4n) is 2.52. The predicted octanol–water partition coefficient (Wildman–Crippen LogP) is 3.35. The van der Waals surface area contributed by atoms with Crippen LogP contribution in [0.2, 0.25) is 0 Å². The van der Waals surface area contributed by atoms with Crippen LogP contribution in [0.5, 0.6) is 0 Å². The Morgan fingerprint density at radius 3 is 2.54 bits per heavy atom. The van der Waals surface area contributed by atoms with E-state index in [1.54, 1.807) is 24.3 Å². The third kappa shape index (κ3) is 4.21. The van der Waals surface area contributed by atoms with E-state index in [1.165, 1.54) is 41.1 Å². The first-order valence-corrected chi connectivity index (χ1v) is 8.30. The van der Waals surface area contributed by atoms with E-state index in [0.717, 1.165) is 12.1 Å². The van der Waals surface area contributed by atoms with Crippen LogP contribution in [-0.2, 0) is 4.79 Å². The van der Waals surface area contributed by atoms with Crippen LogP contribution < -0.4 is 16.2 Å². The molecular formula is C21H16FN3O3. The van der Waals surface area contributed by atoms with Crippen LogP contribution in [0.15, 0.2) is 84.3 Å². The number of anilines is 2. The minimum Gasteiger partial charge on any atom is -0.323 e. The van der Waals surface area contributed by atoms with Gasteiger partial charge in [0.1, 0.15) is 5.82 Å². The molecule has 0 aliphatic carbocycles. The van der Waals surface area contributed by atoms with Gasteiger partial charge in [-0.1, -0.05) is 18.7 Å². The fraction of sp³-hybridized carbons (Fsp3) is 0. The summed E-state index contributed by atoms with van der Waals surface area (Å²) in [5.41, 5.74) is 0.673. The molecule has 0 bridgehead atoms. The van der Waals surface area contributed by atoms with Gasteiger partial charge in [-0.15, -0.1) is 0 Å². The van der Waals surface area contributed by atoms with Crippen molar-refractivity contribution in [2.24, 2.45) is 0 Å². The lowest BCUT2D eigenvalue weighted by molar-refractivity contribution is -0.111. The van der Waals surface area contributed by atoms with Crippen LogP contribution in [0, 0.1) is 5.82 Å². The van der Waals surface area contributed by atoms with Gasteiger partial charge in [-0.2, -0.15) is 0 Å². The summed E-state index contributed by atoms with van der Waals surface area (Å²) in [5.74, 6) is -1.63. The normalized spacial score (nSPS) is 10.2. The molecule has 2 aromatic carbocycles. The molecule has 2 amide bonds. The van der Waals surface area contributed by atoms with E-state index in [2.05, 4.69) is 17.2 Å². The molecule has 3 aromatic rings. The van der Waals surface area contributed by atoms with Gasteiger partial charge < -0.3 is 10.6 Å². The number of rotatable bonds is 5. The highest BCUT2D eigenvalue weighted by molar-refractivity contribution is 6.06. The van der Waals surface area contributed by atoms with Gasteiger partial charge in [-0.25, -0.2) is 4.39 Å². The van der Waals surface area contributed by atoms with Crippen molar-refractivity contribution in [3.8, 4) is 5.69 Å². The molecule has 0 radical (unpaired) electrons. The number of hydrogen-bond donors (Lipinski definition) is 2. The van der Waals surface area contributed by atoms with Gasteiger partial charge >= 0.3 is 0 Å². The molecule has 1 aromatic heterocycles. The summed E-state index contributed by atoms with van der Waals surface area (Å²) in [4.78, 5) is 35.6. The number of hydrogen-bond acceptors (Lipinski definition) is 3. The van der Waals surface area contributed by atoms with Gasteiger partial charge in [0.2, 0.25) is 5.91 Å². The Bertz CT molecular complexity index is 1120. The van der Waals surface area contributed by atoms with Gasteiger partial charge in [-0.3, -0.25) is 19.0 Å². The first-order valence-electron chi connectivity index (χ1n) is 8.30. The Kier molecular flexibility index (Phi) is 5.45. The van der Waals surface area contributed by atoms with Crippen molar-refractivity contribution in [2.75, 3.05) is 10.6 Å². The van der Waals surface area contributed by atoms with Gasteiger partial charge in [-0.05, 0) is 42.5 Å². The minimum absolute atomic E-state index is 0.0294. The van der Waals surface area contributed by atoms with Gasteiger partial charge in [0.25, 0.3) is 11.5 Å². The van der Waals surface area contributed by atoms with Crippen molar-refractivity contribution < 1.29 is 14.0 Å². The number of nitrogens with one attached hydrogen (secondary N) is 2. The topological polar surface area (TPSA) is 80.2 Å². The highest BCUT2D eigenvalue weighted by Crippen LogP contribution is 2.19. The van der Waals surface area contributed by atoms with Crippen molar-refractivity contribution >= 4 is 23.2 Å². The summed E-state index contributed by atoms with van der Waals surface area (Å²) in [6.45, 7) is 3.36. The first-order chi connectivity index (χ1) is 13.5. The Hall–Kier alpha value is -4.00. The van der Waals surface area contributed by atoms with Crippen molar-refractivity contribution in [1.82, 2.24) is 4.57 Å². The number of carbonyl (C=O) groups excluding carboxylic acids is 2. The van der Waals surface area contributed by atoms with Crippen molar-refractivity contribution in [1.29, 1.82) is 0 Å². The average Bonchev–Trinajstić information content (AvgIpc) is 2.70. The van der Waals surface area contributed by atoms with Gasteiger partial charge in [0.15, 0.2) is 0 Å². The quantitative estimate of drug-likeness (QED) is 0.669. The summed E-state index contributed by atoms with van der Waals surface area (Å²) >= 11 is 0. The molecule has 0 aliphatic rings. The standard InChI is InChI=1S/C21H16FN3O3/c1-2-19(26)23-15-7-5-6-14(12-15)21(28)24-18-10-9-16(13-17(18)22)25-11-4-3-8-20(25)27/h2-13H,1H2,(H,23,26)(H,24,28). The molecule has 0 saturated carbocycles. The summed E-state index contributed by atoms with van der Waals surface area (Å²) in [5, 5.41) is 5.03. The van der Waals surface area contributed by atoms with Crippen LogP contribution >= 0.6 is 0 Å². The second-order valence-electron chi connectivity index (χ2n) is 5.80. The van der Waals surface area contributed by atoms with Crippen LogP contribution in [0.1, 0.15) is 10.4 Å². The van der Waals surface area contributed by atoms with Crippen LogP contribution in [0.3, 0.4) is 0 Å². The van der Waals surface area contributed by atoms with Crippen molar-refractivity contribution in [2.45, 2.75) is 0 Å². The van der Waals surface area contributed by atoms with Crippen molar-refractivity contribution in [3.05, 3.63) is 101 Å². The maximum absolute atomic E-state index is 14.4.